The molecule has 6 nitrogen and oxygen atoms in total. The molecule has 2 atom stereocenters. The molecule has 1 saturated heterocycles. The number of hydrogen-bond acceptors (Lipinski definition) is 6. The zero-order valence-electron chi connectivity index (χ0n) is 16.0. The van der Waals surface area contributed by atoms with Crippen molar-refractivity contribution in [2.75, 3.05) is 33.0 Å². The summed E-state index contributed by atoms with van der Waals surface area (Å²) in [6.45, 7) is 5.23. The minimum Gasteiger partial charge on any atom is -0.461 e. The summed E-state index contributed by atoms with van der Waals surface area (Å²) < 4.78 is 22.8. The second kappa shape index (κ2) is 7.54. The number of furan rings is 1. The van der Waals surface area contributed by atoms with Crippen LogP contribution in [0.5, 0.6) is 0 Å². The largest absolute Gasteiger partial charge is 0.461 e. The van der Waals surface area contributed by atoms with Crippen molar-refractivity contribution in [1.82, 2.24) is 4.90 Å². The SMILES string of the molecule is Cc1ccc(-c2ccc3c(c2)CCN2C=NC(OCC4COCCO4)C=C32)o1. The van der Waals surface area contributed by atoms with Gasteiger partial charge in [0.15, 0.2) is 6.23 Å². The summed E-state index contributed by atoms with van der Waals surface area (Å²) in [5.74, 6) is 1.84. The maximum absolute atomic E-state index is 5.96. The Morgan fingerprint density at radius 3 is 3.00 bits per heavy atom. The number of ether oxygens (including phenoxy) is 3. The number of benzene rings is 1. The molecule has 3 aliphatic heterocycles. The Kier molecular flexibility index (Phi) is 4.76. The standard InChI is InChI=1S/C22H24N2O4/c1-15-2-5-21(28-15)17-3-4-19-16(10-17)6-7-24-14-23-22(11-20(19)24)27-13-18-12-25-8-9-26-18/h2-5,10-11,14,18,22H,6-9,12-13H2,1H3. The molecule has 2 unspecified atom stereocenters. The monoisotopic (exact) mass is 380 g/mol. The van der Waals surface area contributed by atoms with Crippen molar-refractivity contribution in [2.45, 2.75) is 25.7 Å². The average molecular weight is 380 g/mol. The molecular formula is C22H24N2O4. The molecule has 0 radical (unpaired) electrons. The van der Waals surface area contributed by atoms with Crippen LogP contribution in [0.1, 0.15) is 16.9 Å². The van der Waals surface area contributed by atoms with Gasteiger partial charge in [-0.15, -0.1) is 0 Å². The number of aliphatic imine (C=N–C) groups is 1. The van der Waals surface area contributed by atoms with Crippen LogP contribution >= 0.6 is 0 Å². The molecule has 3 aliphatic rings. The van der Waals surface area contributed by atoms with E-state index in [0.717, 1.165) is 35.7 Å². The molecule has 0 bridgehead atoms. The number of nitrogens with zero attached hydrogens (tertiary/aromatic N) is 2. The maximum Gasteiger partial charge on any atom is 0.171 e. The van der Waals surface area contributed by atoms with Crippen molar-refractivity contribution in [3.63, 3.8) is 0 Å². The molecule has 0 spiro atoms. The lowest BCUT2D eigenvalue weighted by atomic mass is 9.93. The molecule has 6 heteroatoms. The van der Waals surface area contributed by atoms with Crippen molar-refractivity contribution in [3.8, 4) is 11.3 Å². The molecule has 2 aromatic rings. The first-order valence-electron chi connectivity index (χ1n) is 9.79. The van der Waals surface area contributed by atoms with Crippen LogP contribution in [0.25, 0.3) is 17.0 Å². The van der Waals surface area contributed by atoms with Gasteiger partial charge >= 0.3 is 0 Å². The van der Waals surface area contributed by atoms with Gasteiger partial charge in [0.05, 0.1) is 32.8 Å². The van der Waals surface area contributed by atoms with Crippen molar-refractivity contribution in [1.29, 1.82) is 0 Å². The second-order valence-corrected chi connectivity index (χ2v) is 7.33. The van der Waals surface area contributed by atoms with Crippen molar-refractivity contribution in [2.24, 2.45) is 4.99 Å². The minimum atomic E-state index is -0.296. The highest BCUT2D eigenvalue weighted by Crippen LogP contribution is 2.34. The first-order valence-corrected chi connectivity index (χ1v) is 9.79. The van der Waals surface area contributed by atoms with Crippen molar-refractivity contribution in [3.05, 3.63) is 53.3 Å². The van der Waals surface area contributed by atoms with E-state index in [1.165, 1.54) is 11.1 Å². The summed E-state index contributed by atoms with van der Waals surface area (Å²) in [4.78, 5) is 6.72. The number of fused-ring (bicyclic) bond motifs is 3. The predicted octanol–water partition coefficient (Wildman–Crippen LogP) is 3.25. The van der Waals surface area contributed by atoms with Gasteiger partial charge < -0.3 is 23.5 Å². The molecule has 1 aromatic heterocycles. The second-order valence-electron chi connectivity index (χ2n) is 7.33. The van der Waals surface area contributed by atoms with Crippen LogP contribution in [0.15, 0.2) is 45.8 Å². The van der Waals surface area contributed by atoms with Gasteiger partial charge in [0, 0.05) is 23.4 Å². The average Bonchev–Trinajstić information content (AvgIpc) is 3.18. The van der Waals surface area contributed by atoms with Gasteiger partial charge in [-0.2, -0.15) is 0 Å². The van der Waals surface area contributed by atoms with Gasteiger partial charge in [-0.3, -0.25) is 0 Å². The van der Waals surface area contributed by atoms with E-state index in [2.05, 4.69) is 34.2 Å². The molecule has 0 saturated carbocycles. The Morgan fingerprint density at radius 1 is 1.21 bits per heavy atom. The normalized spacial score (nSPS) is 23.9. The third-order valence-corrected chi connectivity index (χ3v) is 5.33. The molecule has 0 amide bonds. The molecule has 28 heavy (non-hydrogen) atoms. The first-order chi connectivity index (χ1) is 13.8. The van der Waals surface area contributed by atoms with E-state index in [0.29, 0.717) is 26.4 Å². The van der Waals surface area contributed by atoms with Gasteiger partial charge in [-0.1, -0.05) is 12.1 Å². The Labute approximate surface area is 164 Å². The van der Waals surface area contributed by atoms with Gasteiger partial charge in [-0.25, -0.2) is 4.99 Å². The molecule has 4 heterocycles. The molecule has 1 aromatic carbocycles. The Morgan fingerprint density at radius 2 is 2.18 bits per heavy atom. The topological polar surface area (TPSA) is 56.4 Å². The quantitative estimate of drug-likeness (QED) is 0.815. The first kappa shape index (κ1) is 17.7. The maximum atomic E-state index is 5.96. The third kappa shape index (κ3) is 3.51. The number of hydrogen-bond donors (Lipinski definition) is 0. The van der Waals surface area contributed by atoms with E-state index in [1.807, 2.05) is 25.4 Å². The fraction of sp³-hybridized carbons (Fsp3) is 0.409. The van der Waals surface area contributed by atoms with Crippen LogP contribution in [-0.2, 0) is 20.6 Å². The van der Waals surface area contributed by atoms with Crippen molar-refractivity contribution < 1.29 is 18.6 Å². The Balaban J connectivity index is 1.35. The number of rotatable bonds is 4. The summed E-state index contributed by atoms with van der Waals surface area (Å²) in [6.07, 6.45) is 4.66. The van der Waals surface area contributed by atoms with Gasteiger partial charge in [0.2, 0.25) is 0 Å². The fourth-order valence-electron chi connectivity index (χ4n) is 3.87. The van der Waals surface area contributed by atoms with E-state index < -0.39 is 0 Å². The zero-order valence-corrected chi connectivity index (χ0v) is 16.0. The van der Waals surface area contributed by atoms with E-state index in [1.54, 1.807) is 0 Å². The van der Waals surface area contributed by atoms with E-state index in [-0.39, 0.29) is 12.3 Å². The van der Waals surface area contributed by atoms with E-state index in [9.17, 15) is 0 Å². The highest BCUT2D eigenvalue weighted by molar-refractivity contribution is 5.82. The molecular weight excluding hydrogens is 356 g/mol. The van der Waals surface area contributed by atoms with Crippen LogP contribution < -0.4 is 0 Å². The summed E-state index contributed by atoms with van der Waals surface area (Å²) >= 11 is 0. The predicted molar refractivity (Wildman–Crippen MR) is 106 cm³/mol. The Hall–Kier alpha value is -2.41. The highest BCUT2D eigenvalue weighted by atomic mass is 16.6. The van der Waals surface area contributed by atoms with Gasteiger partial charge in [0.1, 0.15) is 17.6 Å². The summed E-state index contributed by atoms with van der Waals surface area (Å²) in [6, 6.07) is 10.6. The minimum absolute atomic E-state index is 0.0154. The fourth-order valence-corrected chi connectivity index (χ4v) is 3.87. The molecule has 5 rings (SSSR count). The van der Waals surface area contributed by atoms with E-state index in [4.69, 9.17) is 18.6 Å². The summed E-state index contributed by atoms with van der Waals surface area (Å²) in [7, 11) is 0. The smallest absolute Gasteiger partial charge is 0.171 e. The zero-order chi connectivity index (χ0) is 18.9. The van der Waals surface area contributed by atoms with Crippen LogP contribution in [0.3, 0.4) is 0 Å². The molecule has 146 valence electrons. The number of aryl methyl sites for hydroxylation is 1. The van der Waals surface area contributed by atoms with Gasteiger partial charge in [-0.05, 0) is 43.2 Å². The molecule has 0 N–H and O–H groups in total. The third-order valence-electron chi connectivity index (χ3n) is 5.33. The molecule has 0 aliphatic carbocycles. The van der Waals surface area contributed by atoms with Crippen LogP contribution in [0, 0.1) is 6.92 Å². The van der Waals surface area contributed by atoms with Crippen LogP contribution in [0.2, 0.25) is 0 Å². The Bertz CT molecular complexity index is 911. The lowest BCUT2D eigenvalue weighted by molar-refractivity contribution is -0.120. The highest BCUT2D eigenvalue weighted by Gasteiger charge is 2.25. The molecule has 1 fully saturated rings. The summed E-state index contributed by atoms with van der Waals surface area (Å²) in [5.41, 5.74) is 4.83. The lowest BCUT2D eigenvalue weighted by Gasteiger charge is -2.34. The van der Waals surface area contributed by atoms with Crippen molar-refractivity contribution >= 4 is 12.0 Å². The van der Waals surface area contributed by atoms with Crippen LogP contribution in [-0.4, -0.2) is 56.5 Å². The lowest BCUT2D eigenvalue weighted by Crippen LogP contribution is -2.36. The van der Waals surface area contributed by atoms with E-state index >= 15 is 0 Å². The van der Waals surface area contributed by atoms with Crippen LogP contribution in [0.4, 0.5) is 0 Å². The van der Waals surface area contributed by atoms with Gasteiger partial charge in [0.25, 0.3) is 0 Å². The summed E-state index contributed by atoms with van der Waals surface area (Å²) in [5, 5.41) is 0.